The third kappa shape index (κ3) is 25.8. The molecule has 1 saturated carbocycles. The number of carbonyl (C=O) groups is 2. The largest absolute Gasteiger partial charge is 0.472 e. The molecule has 0 aliphatic heterocycles. The first-order valence-corrected chi connectivity index (χ1v) is 23.5. The number of unbranched alkanes of at least 4 members (excludes halogenated alkanes) is 22. The van der Waals surface area contributed by atoms with E-state index in [1.165, 1.54) is 109 Å². The lowest BCUT2D eigenvalue weighted by molar-refractivity contribution is -0.220. The molecule has 0 aromatic carbocycles. The first kappa shape index (κ1) is 52.6. The van der Waals surface area contributed by atoms with Crippen LogP contribution in [0.25, 0.3) is 0 Å². The van der Waals surface area contributed by atoms with Crippen molar-refractivity contribution < 1.29 is 63.1 Å². The van der Waals surface area contributed by atoms with Gasteiger partial charge in [-0.15, -0.1) is 0 Å². The standard InChI is InChI=1S/C42H79O13P/c1-3-5-7-9-11-13-15-17-18-19-21-23-25-27-29-31-36(44)54-34(32-52-35(43)30-28-26-24-22-20-16-14-12-10-8-6-4-2)33-53-56(50,51)55-42-40(48)38(46)37(45)39(47)41(42)49/h21,23,34,37-42,45-49H,3-20,22,24-33H2,1-2H3,(H,50,51)/b23-21+/t34-,37?,38+,39?,40?,41?,42?/m1/s1. The number of allylic oxidation sites excluding steroid dienone is 2. The van der Waals surface area contributed by atoms with E-state index in [4.69, 9.17) is 18.5 Å². The molecule has 0 heterocycles. The van der Waals surface area contributed by atoms with E-state index >= 15 is 0 Å². The minimum Gasteiger partial charge on any atom is -0.462 e. The molecule has 13 nitrogen and oxygen atoms in total. The highest BCUT2D eigenvalue weighted by atomic mass is 31.2. The van der Waals surface area contributed by atoms with Gasteiger partial charge in [-0.25, -0.2) is 4.57 Å². The van der Waals surface area contributed by atoms with Gasteiger partial charge in [0.1, 0.15) is 43.2 Å². The van der Waals surface area contributed by atoms with Crippen molar-refractivity contribution >= 4 is 19.8 Å². The molecule has 1 aliphatic carbocycles. The van der Waals surface area contributed by atoms with Gasteiger partial charge in [0.2, 0.25) is 0 Å². The Balaban J connectivity index is 2.50. The van der Waals surface area contributed by atoms with Crippen LogP contribution in [0.3, 0.4) is 0 Å². The van der Waals surface area contributed by atoms with Crippen LogP contribution in [0.15, 0.2) is 12.2 Å². The lowest BCUT2D eigenvalue weighted by atomic mass is 9.85. The maximum absolute atomic E-state index is 12.8. The molecule has 0 aromatic rings. The number of hydrogen-bond acceptors (Lipinski definition) is 12. The quantitative estimate of drug-likeness (QED) is 0.0154. The number of rotatable bonds is 36. The average Bonchev–Trinajstić information content (AvgIpc) is 3.18. The summed E-state index contributed by atoms with van der Waals surface area (Å²) in [5.41, 5.74) is 0. The van der Waals surface area contributed by atoms with Crippen LogP contribution in [0, 0.1) is 0 Å². The lowest BCUT2D eigenvalue weighted by Crippen LogP contribution is -2.64. The molecule has 0 spiro atoms. The van der Waals surface area contributed by atoms with Gasteiger partial charge in [-0.05, 0) is 38.5 Å². The maximum Gasteiger partial charge on any atom is 0.472 e. The number of ether oxygens (including phenoxy) is 2. The number of phosphoric acid groups is 1. The molecular weight excluding hydrogens is 743 g/mol. The molecule has 1 rings (SSSR count). The van der Waals surface area contributed by atoms with Crippen LogP contribution < -0.4 is 0 Å². The Labute approximate surface area is 337 Å². The van der Waals surface area contributed by atoms with Crippen LogP contribution in [0.5, 0.6) is 0 Å². The molecule has 0 bridgehead atoms. The number of aliphatic hydroxyl groups is 5. The van der Waals surface area contributed by atoms with E-state index < -0.39 is 75.7 Å². The number of carbonyl (C=O) groups excluding carboxylic acids is 2. The van der Waals surface area contributed by atoms with Gasteiger partial charge in [-0.3, -0.25) is 18.6 Å². The summed E-state index contributed by atoms with van der Waals surface area (Å²) in [5, 5.41) is 50.0. The third-order valence-electron chi connectivity index (χ3n) is 10.4. The number of hydrogen-bond donors (Lipinski definition) is 6. The predicted molar refractivity (Wildman–Crippen MR) is 217 cm³/mol. The highest BCUT2D eigenvalue weighted by molar-refractivity contribution is 7.47. The van der Waals surface area contributed by atoms with E-state index in [0.29, 0.717) is 12.8 Å². The van der Waals surface area contributed by atoms with E-state index in [9.17, 15) is 44.6 Å². The van der Waals surface area contributed by atoms with Gasteiger partial charge >= 0.3 is 19.8 Å². The summed E-state index contributed by atoms with van der Waals surface area (Å²) in [6.45, 7) is 3.27. The topological polar surface area (TPSA) is 210 Å². The van der Waals surface area contributed by atoms with Gasteiger partial charge in [0.05, 0.1) is 6.61 Å². The molecule has 56 heavy (non-hydrogen) atoms. The molecule has 0 amide bonds. The van der Waals surface area contributed by atoms with Crippen molar-refractivity contribution in [2.45, 2.75) is 230 Å². The highest BCUT2D eigenvalue weighted by Crippen LogP contribution is 2.47. The van der Waals surface area contributed by atoms with E-state index in [1.807, 2.05) is 0 Å². The smallest absolute Gasteiger partial charge is 0.462 e. The molecule has 8 atom stereocenters. The van der Waals surface area contributed by atoms with Crippen molar-refractivity contribution in [3.8, 4) is 0 Å². The minimum absolute atomic E-state index is 0.0707. The Morgan fingerprint density at radius 1 is 0.536 bits per heavy atom. The van der Waals surface area contributed by atoms with E-state index in [2.05, 4.69) is 26.0 Å². The summed E-state index contributed by atoms with van der Waals surface area (Å²) in [5.74, 6) is -1.12. The molecule has 14 heteroatoms. The van der Waals surface area contributed by atoms with Gasteiger partial charge in [0.25, 0.3) is 0 Å². The first-order chi connectivity index (χ1) is 26.9. The SMILES string of the molecule is CCCCCCCCCCC/C=C/CCCCC(=O)O[C@H](COC(=O)CCCCCCCCCCCCCC)COP(=O)(O)OC1C(O)C(O)C(O)[C@H](O)C1O. The van der Waals surface area contributed by atoms with E-state index in [0.717, 1.165) is 38.5 Å². The molecule has 1 fully saturated rings. The van der Waals surface area contributed by atoms with Gasteiger partial charge < -0.3 is 39.9 Å². The number of phosphoric ester groups is 1. The van der Waals surface area contributed by atoms with Crippen molar-refractivity contribution in [1.29, 1.82) is 0 Å². The zero-order valence-corrected chi connectivity index (χ0v) is 35.6. The zero-order chi connectivity index (χ0) is 41.4. The van der Waals surface area contributed by atoms with Crippen molar-refractivity contribution in [2.75, 3.05) is 13.2 Å². The minimum atomic E-state index is -5.11. The van der Waals surface area contributed by atoms with E-state index in [-0.39, 0.29) is 12.8 Å². The van der Waals surface area contributed by atoms with Crippen molar-refractivity contribution in [3.63, 3.8) is 0 Å². The lowest BCUT2D eigenvalue weighted by Gasteiger charge is -2.41. The highest BCUT2D eigenvalue weighted by Gasteiger charge is 2.51. The van der Waals surface area contributed by atoms with Crippen molar-refractivity contribution in [1.82, 2.24) is 0 Å². The zero-order valence-electron chi connectivity index (χ0n) is 34.7. The summed E-state index contributed by atoms with van der Waals surface area (Å²) in [4.78, 5) is 35.6. The average molecular weight is 823 g/mol. The van der Waals surface area contributed by atoms with Crippen LogP contribution in [0.2, 0.25) is 0 Å². The van der Waals surface area contributed by atoms with Gasteiger partial charge in [-0.1, -0.05) is 148 Å². The summed E-state index contributed by atoms with van der Waals surface area (Å²) >= 11 is 0. The second-order valence-corrected chi connectivity index (χ2v) is 17.0. The predicted octanol–water partition coefficient (Wildman–Crippen LogP) is 7.89. The van der Waals surface area contributed by atoms with Gasteiger partial charge in [0.15, 0.2) is 6.10 Å². The third-order valence-corrected chi connectivity index (χ3v) is 11.3. The maximum atomic E-state index is 12.8. The summed E-state index contributed by atoms with van der Waals surface area (Å²) in [7, 11) is -5.11. The molecule has 0 saturated heterocycles. The Bertz CT molecular complexity index is 1040. The van der Waals surface area contributed by atoms with Crippen LogP contribution in [-0.4, -0.2) is 98.3 Å². The summed E-state index contributed by atoms with van der Waals surface area (Å²) < 4.78 is 33.4. The Morgan fingerprint density at radius 3 is 1.39 bits per heavy atom. The first-order valence-electron chi connectivity index (χ1n) is 22.0. The van der Waals surface area contributed by atoms with Gasteiger partial charge in [0, 0.05) is 12.8 Å². The molecule has 330 valence electrons. The number of esters is 2. The van der Waals surface area contributed by atoms with Crippen molar-refractivity contribution in [3.05, 3.63) is 12.2 Å². The second-order valence-electron chi connectivity index (χ2n) is 15.6. The molecule has 0 aromatic heterocycles. The molecular formula is C42H79O13P. The normalized spacial score (nSPS) is 22.9. The van der Waals surface area contributed by atoms with Crippen LogP contribution in [0.4, 0.5) is 0 Å². The Kier molecular flexibility index (Phi) is 31.4. The van der Waals surface area contributed by atoms with E-state index in [1.54, 1.807) is 0 Å². The molecule has 1 aliphatic rings. The molecule has 6 N–H and O–H groups in total. The monoisotopic (exact) mass is 823 g/mol. The second kappa shape index (κ2) is 33.4. The van der Waals surface area contributed by atoms with Crippen molar-refractivity contribution in [2.24, 2.45) is 0 Å². The molecule has 6 unspecified atom stereocenters. The fourth-order valence-electron chi connectivity index (χ4n) is 6.75. The van der Waals surface area contributed by atoms with Gasteiger partial charge in [-0.2, -0.15) is 0 Å². The fourth-order valence-corrected chi connectivity index (χ4v) is 7.73. The summed E-state index contributed by atoms with van der Waals surface area (Å²) in [6, 6.07) is 0. The van der Waals surface area contributed by atoms with Crippen LogP contribution in [0.1, 0.15) is 187 Å². The molecule has 0 radical (unpaired) electrons. The Morgan fingerprint density at radius 2 is 0.911 bits per heavy atom. The van der Waals surface area contributed by atoms with Crippen LogP contribution >= 0.6 is 7.82 Å². The Hall–Kier alpha value is -1.41. The number of aliphatic hydroxyl groups excluding tert-OH is 5. The van der Waals surface area contributed by atoms with Crippen LogP contribution in [-0.2, 0) is 32.7 Å². The fraction of sp³-hybridized carbons (Fsp3) is 0.905. The summed E-state index contributed by atoms with van der Waals surface area (Å²) in [6.07, 6.45) is 19.9.